The number of aryl methyl sites for hydroxylation is 1. The number of hydrogen-bond acceptors (Lipinski definition) is 4. The molecular formula is C14H15BrN2O2. The predicted molar refractivity (Wildman–Crippen MR) is 77.6 cm³/mol. The Kier molecular flexibility index (Phi) is 4.39. The van der Waals surface area contributed by atoms with Crippen molar-refractivity contribution in [3.8, 4) is 17.4 Å². The first kappa shape index (κ1) is 13.8. The molecule has 5 heteroatoms. The van der Waals surface area contributed by atoms with Crippen LogP contribution in [-0.4, -0.2) is 12.1 Å². The largest absolute Gasteiger partial charge is 0.493 e. The zero-order valence-electron chi connectivity index (χ0n) is 10.8. The second-order valence-electron chi connectivity index (χ2n) is 4.08. The molecule has 0 amide bonds. The number of ether oxygens (including phenoxy) is 2. The van der Waals surface area contributed by atoms with Crippen LogP contribution in [0.15, 0.2) is 34.9 Å². The third kappa shape index (κ3) is 3.24. The SMILES string of the molecule is COc1cc(C)ccc1Oc1ncc(Br)cc1CN. The molecule has 0 spiro atoms. The molecule has 1 aromatic carbocycles. The molecule has 0 radical (unpaired) electrons. The number of benzene rings is 1. The number of nitrogens with zero attached hydrogens (tertiary/aromatic N) is 1. The van der Waals surface area contributed by atoms with Crippen molar-refractivity contribution in [2.24, 2.45) is 5.73 Å². The van der Waals surface area contributed by atoms with E-state index in [1.807, 2.05) is 31.2 Å². The van der Waals surface area contributed by atoms with Gasteiger partial charge in [-0.25, -0.2) is 4.98 Å². The lowest BCUT2D eigenvalue weighted by molar-refractivity contribution is 0.372. The summed E-state index contributed by atoms with van der Waals surface area (Å²) in [6.07, 6.45) is 1.68. The molecule has 0 aliphatic rings. The predicted octanol–water partition coefficient (Wildman–Crippen LogP) is 3.41. The van der Waals surface area contributed by atoms with Gasteiger partial charge in [-0.05, 0) is 46.6 Å². The highest BCUT2D eigenvalue weighted by atomic mass is 79.9. The molecule has 0 aliphatic carbocycles. The Labute approximate surface area is 120 Å². The first-order chi connectivity index (χ1) is 9.13. The fraction of sp³-hybridized carbons (Fsp3) is 0.214. The molecule has 1 heterocycles. The van der Waals surface area contributed by atoms with Crippen LogP contribution < -0.4 is 15.2 Å². The van der Waals surface area contributed by atoms with E-state index in [9.17, 15) is 0 Å². The lowest BCUT2D eigenvalue weighted by Crippen LogP contribution is -2.02. The summed E-state index contributed by atoms with van der Waals surface area (Å²) in [5, 5.41) is 0. The topological polar surface area (TPSA) is 57.4 Å². The van der Waals surface area contributed by atoms with Gasteiger partial charge in [0.2, 0.25) is 5.88 Å². The third-order valence-corrected chi connectivity index (χ3v) is 3.07. The van der Waals surface area contributed by atoms with Crippen molar-refractivity contribution in [2.75, 3.05) is 7.11 Å². The van der Waals surface area contributed by atoms with Crippen LogP contribution in [-0.2, 0) is 6.54 Å². The number of hydrogen-bond donors (Lipinski definition) is 1. The first-order valence-electron chi connectivity index (χ1n) is 5.81. The summed E-state index contributed by atoms with van der Waals surface area (Å²) in [5.41, 5.74) is 7.63. The molecule has 4 nitrogen and oxygen atoms in total. The van der Waals surface area contributed by atoms with Crippen molar-refractivity contribution in [2.45, 2.75) is 13.5 Å². The molecule has 0 saturated heterocycles. The lowest BCUT2D eigenvalue weighted by Gasteiger charge is -2.12. The van der Waals surface area contributed by atoms with Gasteiger partial charge < -0.3 is 15.2 Å². The molecule has 2 N–H and O–H groups in total. The second kappa shape index (κ2) is 6.04. The molecule has 0 atom stereocenters. The average molecular weight is 323 g/mol. The van der Waals surface area contributed by atoms with Gasteiger partial charge in [-0.1, -0.05) is 6.07 Å². The number of aromatic nitrogens is 1. The standard InChI is InChI=1S/C14H15BrN2O2/c1-9-3-4-12(13(5-9)18-2)19-14-10(7-16)6-11(15)8-17-14/h3-6,8H,7,16H2,1-2H3. The van der Waals surface area contributed by atoms with Crippen molar-refractivity contribution < 1.29 is 9.47 Å². The van der Waals surface area contributed by atoms with Crippen LogP contribution in [0.4, 0.5) is 0 Å². The molecule has 0 bridgehead atoms. The summed E-state index contributed by atoms with van der Waals surface area (Å²) in [4.78, 5) is 4.24. The fourth-order valence-corrected chi connectivity index (χ4v) is 2.05. The van der Waals surface area contributed by atoms with E-state index in [1.54, 1.807) is 13.3 Å². The van der Waals surface area contributed by atoms with Crippen molar-refractivity contribution in [3.05, 3.63) is 46.1 Å². The van der Waals surface area contributed by atoms with Gasteiger partial charge in [0.25, 0.3) is 0 Å². The van der Waals surface area contributed by atoms with Crippen molar-refractivity contribution in [1.29, 1.82) is 0 Å². The maximum atomic E-state index is 5.80. The van der Waals surface area contributed by atoms with Gasteiger partial charge in [0.05, 0.1) is 7.11 Å². The highest BCUT2D eigenvalue weighted by Crippen LogP contribution is 2.33. The Morgan fingerprint density at radius 3 is 2.74 bits per heavy atom. The number of rotatable bonds is 4. The van der Waals surface area contributed by atoms with Gasteiger partial charge in [0, 0.05) is 22.8 Å². The number of pyridine rings is 1. The maximum Gasteiger partial charge on any atom is 0.223 e. The fourth-order valence-electron chi connectivity index (χ4n) is 1.67. The monoisotopic (exact) mass is 322 g/mol. The van der Waals surface area contributed by atoms with Gasteiger partial charge >= 0.3 is 0 Å². The Balaban J connectivity index is 2.36. The molecule has 0 fully saturated rings. The van der Waals surface area contributed by atoms with Gasteiger partial charge in [0.15, 0.2) is 11.5 Å². The van der Waals surface area contributed by atoms with Crippen molar-refractivity contribution in [1.82, 2.24) is 4.98 Å². The quantitative estimate of drug-likeness (QED) is 0.937. The summed E-state index contributed by atoms with van der Waals surface area (Å²) in [6.45, 7) is 2.35. The molecule has 1 aromatic heterocycles. The van der Waals surface area contributed by atoms with E-state index in [2.05, 4.69) is 20.9 Å². The van der Waals surface area contributed by atoms with Crippen LogP contribution in [0.5, 0.6) is 17.4 Å². The van der Waals surface area contributed by atoms with Crippen LogP contribution in [0.2, 0.25) is 0 Å². The summed E-state index contributed by atoms with van der Waals surface area (Å²) in [7, 11) is 1.61. The minimum Gasteiger partial charge on any atom is -0.493 e. The minimum atomic E-state index is 0.357. The number of nitrogens with two attached hydrogens (primary N) is 1. The second-order valence-corrected chi connectivity index (χ2v) is 4.99. The van der Waals surface area contributed by atoms with Crippen LogP contribution in [0, 0.1) is 6.92 Å². The molecule has 0 unspecified atom stereocenters. The van der Waals surface area contributed by atoms with Crippen LogP contribution >= 0.6 is 15.9 Å². The van der Waals surface area contributed by atoms with E-state index >= 15 is 0 Å². The zero-order chi connectivity index (χ0) is 13.8. The van der Waals surface area contributed by atoms with Crippen LogP contribution in [0.3, 0.4) is 0 Å². The Hall–Kier alpha value is -1.59. The summed E-state index contributed by atoms with van der Waals surface area (Å²) >= 11 is 3.36. The van der Waals surface area contributed by atoms with E-state index in [0.29, 0.717) is 23.9 Å². The molecule has 0 saturated carbocycles. The zero-order valence-corrected chi connectivity index (χ0v) is 12.4. The number of methoxy groups -OCH3 is 1. The van der Waals surface area contributed by atoms with Crippen molar-refractivity contribution >= 4 is 15.9 Å². The Morgan fingerprint density at radius 2 is 2.05 bits per heavy atom. The molecule has 0 aliphatic heterocycles. The van der Waals surface area contributed by atoms with E-state index in [1.165, 1.54) is 0 Å². The highest BCUT2D eigenvalue weighted by Gasteiger charge is 2.10. The summed E-state index contributed by atoms with van der Waals surface area (Å²) in [6, 6.07) is 7.62. The Morgan fingerprint density at radius 1 is 1.26 bits per heavy atom. The smallest absolute Gasteiger partial charge is 0.223 e. The number of halogens is 1. The van der Waals surface area contributed by atoms with Crippen molar-refractivity contribution in [3.63, 3.8) is 0 Å². The van der Waals surface area contributed by atoms with E-state index in [0.717, 1.165) is 15.6 Å². The van der Waals surface area contributed by atoms with Gasteiger partial charge in [-0.15, -0.1) is 0 Å². The summed E-state index contributed by atoms with van der Waals surface area (Å²) < 4.78 is 12.0. The minimum absolute atomic E-state index is 0.357. The third-order valence-electron chi connectivity index (χ3n) is 2.64. The van der Waals surface area contributed by atoms with Gasteiger partial charge in [-0.2, -0.15) is 0 Å². The summed E-state index contributed by atoms with van der Waals surface area (Å²) in [5.74, 6) is 1.79. The van der Waals surface area contributed by atoms with Gasteiger partial charge in [0.1, 0.15) is 0 Å². The highest BCUT2D eigenvalue weighted by molar-refractivity contribution is 9.10. The van der Waals surface area contributed by atoms with E-state index in [4.69, 9.17) is 15.2 Å². The van der Waals surface area contributed by atoms with Crippen LogP contribution in [0.25, 0.3) is 0 Å². The average Bonchev–Trinajstić information content (AvgIpc) is 2.42. The van der Waals surface area contributed by atoms with Gasteiger partial charge in [-0.3, -0.25) is 0 Å². The van der Waals surface area contributed by atoms with E-state index in [-0.39, 0.29) is 0 Å². The molecule has 19 heavy (non-hydrogen) atoms. The molecule has 100 valence electrons. The Bertz CT molecular complexity index is 536. The van der Waals surface area contributed by atoms with Crippen LogP contribution in [0.1, 0.15) is 11.1 Å². The molecule has 2 aromatic rings. The molecular weight excluding hydrogens is 308 g/mol. The lowest BCUT2D eigenvalue weighted by atomic mass is 10.2. The normalized spacial score (nSPS) is 10.3. The maximum absolute atomic E-state index is 5.80. The van der Waals surface area contributed by atoms with E-state index < -0.39 is 0 Å². The molecule has 2 rings (SSSR count). The first-order valence-corrected chi connectivity index (χ1v) is 6.60.